The molecule has 0 atom stereocenters. The van der Waals surface area contributed by atoms with E-state index in [1.54, 1.807) is 12.1 Å². The molecule has 2 amide bonds. The molecule has 3 rings (SSSR count). The summed E-state index contributed by atoms with van der Waals surface area (Å²) < 4.78 is 10.8. The fraction of sp³-hybridized carbons (Fsp3) is 0.360. The van der Waals surface area contributed by atoms with Crippen molar-refractivity contribution in [3.8, 4) is 0 Å². The molecule has 1 aromatic carbocycles. The smallest absolute Gasteiger partial charge is 0.407 e. The highest BCUT2D eigenvalue weighted by Gasteiger charge is 2.14. The van der Waals surface area contributed by atoms with Gasteiger partial charge in [0.1, 0.15) is 5.58 Å². The van der Waals surface area contributed by atoms with Crippen LogP contribution in [0.5, 0.6) is 0 Å². The Morgan fingerprint density at radius 1 is 1.15 bits per heavy atom. The third kappa shape index (κ3) is 6.12. The summed E-state index contributed by atoms with van der Waals surface area (Å²) in [6, 6.07) is 9.26. The Morgan fingerprint density at radius 2 is 1.91 bits per heavy atom. The third-order valence-electron chi connectivity index (χ3n) is 5.54. The monoisotopic (exact) mass is 466 g/mol. The molecule has 2 heterocycles. The van der Waals surface area contributed by atoms with Crippen LogP contribution in [0.3, 0.4) is 0 Å². The molecule has 0 radical (unpaired) electrons. The molecule has 0 aliphatic carbocycles. The number of amides is 2. The predicted octanol–water partition coefficient (Wildman–Crippen LogP) is 3.77. The number of fused-ring (bicyclic) bond motifs is 1. The molecule has 3 aromatic rings. The highest BCUT2D eigenvalue weighted by atomic mass is 16.5. The zero-order valence-electron chi connectivity index (χ0n) is 19.9. The average molecular weight is 467 g/mol. The van der Waals surface area contributed by atoms with Gasteiger partial charge in [-0.2, -0.15) is 0 Å². The number of rotatable bonds is 9. The molecule has 0 aliphatic rings. The van der Waals surface area contributed by atoms with E-state index in [9.17, 15) is 14.4 Å². The Kier molecular flexibility index (Phi) is 8.24. The first-order valence-corrected chi connectivity index (χ1v) is 11.3. The van der Waals surface area contributed by atoms with Crippen LogP contribution in [0.4, 0.5) is 16.2 Å². The quantitative estimate of drug-likeness (QED) is 0.462. The van der Waals surface area contributed by atoms with Crippen molar-refractivity contribution >= 4 is 34.3 Å². The maximum absolute atomic E-state index is 12.6. The van der Waals surface area contributed by atoms with Crippen LogP contribution in [0.2, 0.25) is 0 Å². The van der Waals surface area contributed by atoms with Gasteiger partial charge in [-0.1, -0.05) is 0 Å². The number of carbonyl (C=O) groups is 2. The summed E-state index contributed by atoms with van der Waals surface area (Å²) in [6.45, 7) is 9.38. The van der Waals surface area contributed by atoms with Gasteiger partial charge in [-0.3, -0.25) is 9.78 Å². The number of hydrogen-bond acceptors (Lipinski definition) is 7. The van der Waals surface area contributed by atoms with Gasteiger partial charge >= 0.3 is 11.7 Å². The Hall–Kier alpha value is -3.88. The number of ether oxygens (including phenoxy) is 1. The molecule has 2 aromatic heterocycles. The maximum Gasteiger partial charge on any atom is 0.407 e. The fourth-order valence-corrected chi connectivity index (χ4v) is 3.72. The number of nitrogens with zero attached hydrogens (tertiary/aromatic N) is 2. The van der Waals surface area contributed by atoms with Crippen molar-refractivity contribution in [2.75, 3.05) is 29.9 Å². The van der Waals surface area contributed by atoms with E-state index >= 15 is 0 Å². The SMILES string of the molecule is CCN(CC)c1ccc2c(C)c(CCOC(=O)NCc3ccc(NC(C)=O)cn3)c(=O)oc2c1. The van der Waals surface area contributed by atoms with Crippen molar-refractivity contribution in [3.05, 3.63) is 63.8 Å². The summed E-state index contributed by atoms with van der Waals surface area (Å²) in [4.78, 5) is 42.0. The van der Waals surface area contributed by atoms with Crippen molar-refractivity contribution in [2.24, 2.45) is 0 Å². The molecule has 2 N–H and O–H groups in total. The maximum atomic E-state index is 12.6. The summed E-state index contributed by atoms with van der Waals surface area (Å²) in [5.41, 5.74) is 3.64. The van der Waals surface area contributed by atoms with Crippen LogP contribution in [0.1, 0.15) is 37.6 Å². The molecule has 9 heteroatoms. The molecule has 0 unspecified atom stereocenters. The van der Waals surface area contributed by atoms with E-state index in [-0.39, 0.29) is 25.5 Å². The largest absolute Gasteiger partial charge is 0.449 e. The van der Waals surface area contributed by atoms with Gasteiger partial charge < -0.3 is 24.7 Å². The van der Waals surface area contributed by atoms with Gasteiger partial charge in [0.25, 0.3) is 0 Å². The first kappa shape index (κ1) is 24.8. The number of nitrogens with one attached hydrogen (secondary N) is 2. The standard InChI is InChI=1S/C25H30N4O5/c1-5-29(6-2)20-9-10-21-16(3)22(24(31)34-23(21)13-20)11-12-33-25(32)27-14-18-7-8-19(15-26-18)28-17(4)30/h7-10,13,15H,5-6,11-12,14H2,1-4H3,(H,27,32)(H,28,30). The molecule has 0 bridgehead atoms. The van der Waals surface area contributed by atoms with Crippen molar-refractivity contribution in [1.29, 1.82) is 0 Å². The number of anilines is 2. The number of alkyl carbamates (subject to hydrolysis) is 1. The van der Waals surface area contributed by atoms with E-state index in [1.807, 2.05) is 25.1 Å². The normalized spacial score (nSPS) is 10.7. The minimum atomic E-state index is -0.612. The first-order valence-electron chi connectivity index (χ1n) is 11.3. The third-order valence-corrected chi connectivity index (χ3v) is 5.54. The highest BCUT2D eigenvalue weighted by molar-refractivity contribution is 5.88. The van der Waals surface area contributed by atoms with Crippen LogP contribution < -0.4 is 21.2 Å². The number of carbonyl (C=O) groups excluding carboxylic acids is 2. The summed E-state index contributed by atoms with van der Waals surface area (Å²) >= 11 is 0. The summed E-state index contributed by atoms with van der Waals surface area (Å²) in [6.07, 6.45) is 1.15. The van der Waals surface area contributed by atoms with Crippen LogP contribution in [0.25, 0.3) is 11.0 Å². The molecule has 0 aliphatic heterocycles. The van der Waals surface area contributed by atoms with Crippen molar-refractivity contribution in [3.63, 3.8) is 0 Å². The van der Waals surface area contributed by atoms with Crippen LogP contribution in [-0.2, 0) is 22.5 Å². The van der Waals surface area contributed by atoms with E-state index in [0.29, 0.717) is 22.5 Å². The molecular weight excluding hydrogens is 436 g/mol. The second kappa shape index (κ2) is 11.3. The number of benzene rings is 1. The molecule has 180 valence electrons. The van der Waals surface area contributed by atoms with Crippen molar-refractivity contribution in [2.45, 2.75) is 40.7 Å². The van der Waals surface area contributed by atoms with E-state index in [1.165, 1.54) is 13.1 Å². The predicted molar refractivity (Wildman–Crippen MR) is 131 cm³/mol. The van der Waals surface area contributed by atoms with Crippen LogP contribution in [0.15, 0.2) is 45.7 Å². The number of aromatic nitrogens is 1. The van der Waals surface area contributed by atoms with Crippen molar-refractivity contribution < 1.29 is 18.7 Å². The van der Waals surface area contributed by atoms with Gasteiger partial charge in [0, 0.05) is 49.1 Å². The van der Waals surface area contributed by atoms with E-state index in [2.05, 4.69) is 34.4 Å². The Bertz CT molecular complexity index is 1220. The summed E-state index contributed by atoms with van der Waals surface area (Å²) in [5.74, 6) is -0.184. The van der Waals surface area contributed by atoms with Crippen LogP contribution in [-0.4, -0.2) is 36.7 Å². The minimum Gasteiger partial charge on any atom is -0.449 e. The van der Waals surface area contributed by atoms with E-state index < -0.39 is 11.7 Å². The fourth-order valence-electron chi connectivity index (χ4n) is 3.72. The van der Waals surface area contributed by atoms with Gasteiger partial charge in [-0.25, -0.2) is 9.59 Å². The summed E-state index contributed by atoms with van der Waals surface area (Å²) in [5, 5.41) is 6.10. The second-order valence-corrected chi connectivity index (χ2v) is 7.80. The van der Waals surface area contributed by atoms with Gasteiger partial charge in [-0.05, 0) is 50.6 Å². The van der Waals surface area contributed by atoms with E-state index in [4.69, 9.17) is 9.15 Å². The van der Waals surface area contributed by atoms with Crippen LogP contribution >= 0.6 is 0 Å². The Balaban J connectivity index is 1.57. The average Bonchev–Trinajstić information content (AvgIpc) is 2.81. The zero-order chi connectivity index (χ0) is 24.7. The van der Waals surface area contributed by atoms with Gasteiger partial charge in [0.15, 0.2) is 0 Å². The molecule has 9 nitrogen and oxygen atoms in total. The van der Waals surface area contributed by atoms with Crippen LogP contribution in [0, 0.1) is 6.92 Å². The number of aryl methyl sites for hydroxylation is 1. The molecule has 0 saturated carbocycles. The van der Waals surface area contributed by atoms with E-state index in [0.717, 1.165) is 29.7 Å². The summed E-state index contributed by atoms with van der Waals surface area (Å²) in [7, 11) is 0. The lowest BCUT2D eigenvalue weighted by atomic mass is 10.0. The highest BCUT2D eigenvalue weighted by Crippen LogP contribution is 2.25. The van der Waals surface area contributed by atoms with Gasteiger partial charge in [0.2, 0.25) is 5.91 Å². The zero-order valence-corrected chi connectivity index (χ0v) is 19.9. The lowest BCUT2D eigenvalue weighted by Gasteiger charge is -2.21. The molecule has 0 saturated heterocycles. The second-order valence-electron chi connectivity index (χ2n) is 7.80. The topological polar surface area (TPSA) is 114 Å². The van der Waals surface area contributed by atoms with Crippen molar-refractivity contribution in [1.82, 2.24) is 10.3 Å². The van der Waals surface area contributed by atoms with Gasteiger partial charge in [0.05, 0.1) is 30.7 Å². The Labute approximate surface area is 198 Å². The first-order chi connectivity index (χ1) is 16.3. The number of pyridine rings is 1. The number of hydrogen-bond donors (Lipinski definition) is 2. The lowest BCUT2D eigenvalue weighted by molar-refractivity contribution is -0.114. The lowest BCUT2D eigenvalue weighted by Crippen LogP contribution is -2.25. The molecule has 0 fully saturated rings. The molecule has 34 heavy (non-hydrogen) atoms. The Morgan fingerprint density at radius 3 is 2.56 bits per heavy atom. The van der Waals surface area contributed by atoms with Gasteiger partial charge in [-0.15, -0.1) is 0 Å². The molecular formula is C25H30N4O5. The molecule has 0 spiro atoms. The minimum absolute atomic E-state index is 0.0371.